The van der Waals surface area contributed by atoms with Crippen LogP contribution in [0.2, 0.25) is 0 Å². The van der Waals surface area contributed by atoms with Crippen molar-refractivity contribution in [3.8, 4) is 0 Å². The molecule has 0 radical (unpaired) electrons. The highest BCUT2D eigenvalue weighted by atomic mass is 14.6. The number of benzene rings is 13. The molecule has 0 aliphatic rings. The Morgan fingerprint density at radius 3 is 0.483 bits per heavy atom. The molecule has 13 aromatic rings. The maximum absolute atomic E-state index is 7.13. The maximum Gasteiger partial charge on any atom is 0.0326 e. The van der Waals surface area contributed by atoms with Gasteiger partial charge in [0.25, 0.3) is 0 Å². The van der Waals surface area contributed by atoms with E-state index in [0.717, 1.165) is 11.4 Å². The second-order valence-corrected chi connectivity index (χ2v) is 23.0. The van der Waals surface area contributed by atoms with E-state index in [-0.39, 0.29) is 21.7 Å². The molecular formula is C58H52N2. The Kier molecular flexibility index (Phi) is 5.83. The minimum Gasteiger partial charge on any atom is -0.399 e. The Balaban J connectivity index is 1.51. The van der Waals surface area contributed by atoms with Gasteiger partial charge in [-0.1, -0.05) is 83.1 Å². The normalized spacial score (nSPS) is 14.5. The van der Waals surface area contributed by atoms with E-state index in [1.165, 1.54) is 152 Å². The fourth-order valence-electron chi connectivity index (χ4n) is 12.0. The number of hydrogen-bond donors (Lipinski definition) is 2. The van der Waals surface area contributed by atoms with Crippen molar-refractivity contribution >= 4 is 141 Å². The fourth-order valence-corrected chi connectivity index (χ4v) is 12.0. The van der Waals surface area contributed by atoms with Crippen LogP contribution in [-0.2, 0) is 21.7 Å². The predicted octanol–water partition coefficient (Wildman–Crippen LogP) is 16.5. The van der Waals surface area contributed by atoms with Gasteiger partial charge in [-0.2, -0.15) is 0 Å². The van der Waals surface area contributed by atoms with Crippen molar-refractivity contribution in [2.75, 3.05) is 11.5 Å². The van der Waals surface area contributed by atoms with E-state index in [9.17, 15) is 0 Å². The summed E-state index contributed by atoms with van der Waals surface area (Å²) in [6.07, 6.45) is 0. The molecule has 2 nitrogen and oxygen atoms in total. The second kappa shape index (κ2) is 10.0. The maximum atomic E-state index is 7.13. The molecule has 0 aliphatic heterocycles. The SMILES string of the molecule is CC(C)(C)c1cc2c3cc(N)cc4c5cc(C(C)(C)C)cc6c7cc(C(C)(C)C)cc8c9cc(N)cc%10c%11cc(C(C)(C)C)cc%12c(c1)c2c1c(c34)c(c56)c(c87)c(c%109)c1c%11%12. The molecule has 0 bridgehead atoms. The average Bonchev–Trinajstić information content (AvgIpc) is 3.16. The first-order chi connectivity index (χ1) is 28.1. The predicted molar refractivity (Wildman–Crippen MR) is 267 cm³/mol. The van der Waals surface area contributed by atoms with Gasteiger partial charge < -0.3 is 11.5 Å². The number of fused-ring (bicyclic) bond motifs is 6. The molecule has 4 N–H and O–H groups in total. The molecule has 0 heterocycles. The van der Waals surface area contributed by atoms with Gasteiger partial charge in [-0.15, -0.1) is 0 Å². The van der Waals surface area contributed by atoms with E-state index >= 15 is 0 Å². The van der Waals surface area contributed by atoms with E-state index in [1.807, 2.05) is 0 Å². The lowest BCUT2D eigenvalue weighted by Gasteiger charge is -2.32. The van der Waals surface area contributed by atoms with Crippen molar-refractivity contribution in [3.05, 3.63) is 95.1 Å². The first-order valence-electron chi connectivity index (χ1n) is 22.0. The molecule has 0 amide bonds. The minimum atomic E-state index is -0.0684. The van der Waals surface area contributed by atoms with Crippen LogP contribution in [0.25, 0.3) is 129 Å². The lowest BCUT2D eigenvalue weighted by Crippen LogP contribution is -2.13. The van der Waals surface area contributed by atoms with E-state index < -0.39 is 0 Å². The quantitative estimate of drug-likeness (QED) is 0.0915. The molecule has 13 rings (SSSR count). The number of rotatable bonds is 0. The number of anilines is 2. The van der Waals surface area contributed by atoms with Crippen LogP contribution < -0.4 is 11.5 Å². The number of nitrogens with two attached hydrogens (primary N) is 2. The van der Waals surface area contributed by atoms with Crippen molar-refractivity contribution in [3.63, 3.8) is 0 Å². The smallest absolute Gasteiger partial charge is 0.0326 e. The summed E-state index contributed by atoms with van der Waals surface area (Å²) < 4.78 is 0. The van der Waals surface area contributed by atoms with Crippen molar-refractivity contribution in [1.29, 1.82) is 0 Å². The monoisotopic (exact) mass is 776 g/mol. The van der Waals surface area contributed by atoms with Gasteiger partial charge in [0.2, 0.25) is 0 Å². The Morgan fingerprint density at radius 2 is 0.350 bits per heavy atom. The molecule has 294 valence electrons. The Hall–Kier alpha value is -5.86. The zero-order chi connectivity index (χ0) is 41.8. The summed E-state index contributed by atoms with van der Waals surface area (Å²) in [6, 6.07) is 29.4. The third-order valence-corrected chi connectivity index (χ3v) is 15.1. The minimum absolute atomic E-state index is 0.0684. The van der Waals surface area contributed by atoms with Crippen molar-refractivity contribution < 1.29 is 0 Å². The molecule has 0 saturated carbocycles. The third kappa shape index (κ3) is 3.94. The van der Waals surface area contributed by atoms with E-state index in [2.05, 4.69) is 156 Å². The van der Waals surface area contributed by atoms with Crippen LogP contribution in [0.4, 0.5) is 11.4 Å². The Morgan fingerprint density at radius 1 is 0.217 bits per heavy atom. The number of nitrogen functional groups attached to an aromatic ring is 2. The van der Waals surface area contributed by atoms with Crippen LogP contribution in [0, 0.1) is 0 Å². The fraction of sp³-hybridized carbons (Fsp3) is 0.276. The molecule has 13 aromatic carbocycles. The van der Waals surface area contributed by atoms with Gasteiger partial charge in [-0.3, -0.25) is 0 Å². The van der Waals surface area contributed by atoms with Crippen LogP contribution >= 0.6 is 0 Å². The van der Waals surface area contributed by atoms with Crippen LogP contribution in [0.15, 0.2) is 72.8 Å². The van der Waals surface area contributed by atoms with Crippen LogP contribution in [-0.4, -0.2) is 0 Å². The number of hydrogen-bond acceptors (Lipinski definition) is 2. The lowest BCUT2D eigenvalue weighted by molar-refractivity contribution is 0.591. The van der Waals surface area contributed by atoms with Crippen molar-refractivity contribution in [2.45, 2.75) is 105 Å². The van der Waals surface area contributed by atoms with Gasteiger partial charge in [-0.05, 0) is 246 Å². The molecule has 60 heavy (non-hydrogen) atoms. The molecular weight excluding hydrogens is 725 g/mol. The summed E-state index contributed by atoms with van der Waals surface area (Å²) in [5, 5.41) is 32.3. The molecule has 0 saturated heterocycles. The van der Waals surface area contributed by atoms with E-state index in [4.69, 9.17) is 11.5 Å². The largest absolute Gasteiger partial charge is 0.399 e. The van der Waals surface area contributed by atoms with Gasteiger partial charge in [-0.25, -0.2) is 0 Å². The van der Waals surface area contributed by atoms with Crippen LogP contribution in [0.3, 0.4) is 0 Å². The van der Waals surface area contributed by atoms with Crippen molar-refractivity contribution in [2.24, 2.45) is 0 Å². The zero-order valence-electron chi connectivity index (χ0n) is 37.1. The average molecular weight is 777 g/mol. The van der Waals surface area contributed by atoms with Gasteiger partial charge in [0.05, 0.1) is 0 Å². The zero-order valence-corrected chi connectivity index (χ0v) is 37.1. The molecule has 0 unspecified atom stereocenters. The van der Waals surface area contributed by atoms with E-state index in [1.54, 1.807) is 0 Å². The second-order valence-electron chi connectivity index (χ2n) is 23.0. The topological polar surface area (TPSA) is 52.0 Å². The highest BCUT2D eigenvalue weighted by Gasteiger charge is 2.34. The first-order valence-corrected chi connectivity index (χ1v) is 22.0. The summed E-state index contributed by atoms with van der Waals surface area (Å²) in [5.74, 6) is 0. The lowest BCUT2D eigenvalue weighted by atomic mass is 9.71. The molecule has 0 aromatic heterocycles. The van der Waals surface area contributed by atoms with Gasteiger partial charge >= 0.3 is 0 Å². The van der Waals surface area contributed by atoms with Crippen LogP contribution in [0.5, 0.6) is 0 Å². The molecule has 0 aliphatic carbocycles. The molecule has 0 fully saturated rings. The standard InChI is InChI=1S/C58H52N2/c1-55(2,3)25-13-31-32-14-26(56(4,5)6)18-36-41-23-30(60)24-42-38-20-28(58(10,11)12)16-34-33-15-27(57(7,8)9)19-37-40-22-29(59)21-39-35(17-25)43(31)49-50(44(32)36)54(48(41)42)52(46(34)38)51(45(33)37)53(49)47(39)40/h13-24H,59-60H2,1-12H3. The Bertz CT molecular complexity index is 3500. The molecule has 0 spiro atoms. The van der Waals surface area contributed by atoms with Crippen molar-refractivity contribution in [1.82, 2.24) is 0 Å². The highest BCUT2D eigenvalue weighted by molar-refractivity contribution is 6.61. The third-order valence-electron chi connectivity index (χ3n) is 15.1. The van der Waals surface area contributed by atoms with Gasteiger partial charge in [0, 0.05) is 11.4 Å². The highest BCUT2D eigenvalue weighted by Crippen LogP contribution is 2.61. The van der Waals surface area contributed by atoms with Crippen LogP contribution in [0.1, 0.15) is 105 Å². The Labute approximate surface area is 350 Å². The summed E-state index contributed by atoms with van der Waals surface area (Å²) in [5.41, 5.74) is 21.0. The van der Waals surface area contributed by atoms with Gasteiger partial charge in [0.15, 0.2) is 0 Å². The summed E-state index contributed by atoms with van der Waals surface area (Å²) in [7, 11) is 0. The molecule has 2 heteroatoms. The van der Waals surface area contributed by atoms with Gasteiger partial charge in [0.1, 0.15) is 0 Å². The molecule has 0 atom stereocenters. The summed E-state index contributed by atoms with van der Waals surface area (Å²) in [6.45, 7) is 28.3. The summed E-state index contributed by atoms with van der Waals surface area (Å²) in [4.78, 5) is 0. The van der Waals surface area contributed by atoms with E-state index in [0.29, 0.717) is 0 Å². The first kappa shape index (κ1) is 34.9. The summed E-state index contributed by atoms with van der Waals surface area (Å²) >= 11 is 0.